The van der Waals surface area contributed by atoms with Crippen molar-refractivity contribution in [2.45, 2.75) is 18.1 Å². The van der Waals surface area contributed by atoms with Gasteiger partial charge in [0.1, 0.15) is 6.61 Å². The second-order valence-corrected chi connectivity index (χ2v) is 6.55. The predicted molar refractivity (Wildman–Crippen MR) is 95.6 cm³/mol. The lowest BCUT2D eigenvalue weighted by Gasteiger charge is -2.19. The van der Waals surface area contributed by atoms with E-state index >= 15 is 0 Å². The molecule has 2 aliphatic rings. The van der Waals surface area contributed by atoms with Gasteiger partial charge in [0.15, 0.2) is 0 Å². The summed E-state index contributed by atoms with van der Waals surface area (Å²) in [7, 11) is 0. The van der Waals surface area contributed by atoms with Gasteiger partial charge < -0.3 is 14.7 Å². The van der Waals surface area contributed by atoms with Crippen molar-refractivity contribution in [3.63, 3.8) is 0 Å². The van der Waals surface area contributed by atoms with Gasteiger partial charge in [0.25, 0.3) is 0 Å². The molecule has 1 heterocycles. The number of hydrogen-bond acceptors (Lipinski definition) is 4. The largest absolute Gasteiger partial charge is 0.448 e. The minimum Gasteiger partial charge on any atom is -0.448 e. The normalized spacial score (nSPS) is 21.0. The highest BCUT2D eigenvalue weighted by atomic mass is 16.6. The van der Waals surface area contributed by atoms with Crippen molar-refractivity contribution < 1.29 is 14.6 Å². The maximum Gasteiger partial charge on any atom is 0.409 e. The average Bonchev–Trinajstić information content (AvgIpc) is 3.19. The maximum absolute atomic E-state index is 12.4. The van der Waals surface area contributed by atoms with E-state index in [0.717, 1.165) is 11.1 Å². The van der Waals surface area contributed by atoms with Crippen LogP contribution in [0, 0.1) is 0 Å². The number of ether oxygens (including phenoxy) is 1. The van der Waals surface area contributed by atoms with E-state index in [1.54, 1.807) is 0 Å². The van der Waals surface area contributed by atoms with E-state index in [2.05, 4.69) is 34.3 Å². The zero-order valence-electron chi connectivity index (χ0n) is 14.0. The lowest BCUT2D eigenvalue weighted by molar-refractivity contribution is 0.100. The van der Waals surface area contributed by atoms with E-state index in [4.69, 9.17) is 10.3 Å². The standard InChI is InChI=1S/C19H18N4O3/c20-22-21-17-9-23(10-18(17)24)19(25)26-11-16-14-7-3-1-5-12(14)13-6-2-4-8-15(13)16/h1-8,16-18,24H,9-11H2/t17-,18-/m0/s1. The smallest absolute Gasteiger partial charge is 0.409 e. The van der Waals surface area contributed by atoms with Crippen LogP contribution in [0.3, 0.4) is 0 Å². The first-order chi connectivity index (χ1) is 12.7. The molecule has 0 bridgehead atoms. The molecule has 1 saturated heterocycles. The Kier molecular flexibility index (Phi) is 4.24. The van der Waals surface area contributed by atoms with Crippen molar-refractivity contribution in [1.82, 2.24) is 4.90 Å². The summed E-state index contributed by atoms with van der Waals surface area (Å²) in [5.74, 6) is -0.00759. The molecule has 2 atom stereocenters. The second kappa shape index (κ2) is 6.71. The Morgan fingerprint density at radius 1 is 1.15 bits per heavy atom. The number of fused-ring (bicyclic) bond motifs is 3. The number of amides is 1. The number of benzene rings is 2. The summed E-state index contributed by atoms with van der Waals surface area (Å²) in [4.78, 5) is 16.5. The Labute approximate surface area is 150 Å². The van der Waals surface area contributed by atoms with Crippen molar-refractivity contribution in [2.75, 3.05) is 19.7 Å². The van der Waals surface area contributed by atoms with Crippen molar-refractivity contribution in [1.29, 1.82) is 0 Å². The number of likely N-dealkylation sites (tertiary alicyclic amines) is 1. The Balaban J connectivity index is 1.48. The fraction of sp³-hybridized carbons (Fsp3) is 0.316. The summed E-state index contributed by atoms with van der Waals surface area (Å²) in [5, 5.41) is 13.4. The molecule has 2 aromatic carbocycles. The molecule has 7 nitrogen and oxygen atoms in total. The maximum atomic E-state index is 12.4. The monoisotopic (exact) mass is 350 g/mol. The van der Waals surface area contributed by atoms with Crippen molar-refractivity contribution in [3.05, 3.63) is 70.1 Å². The molecule has 0 unspecified atom stereocenters. The molecule has 0 radical (unpaired) electrons. The quantitative estimate of drug-likeness (QED) is 0.522. The van der Waals surface area contributed by atoms with Crippen molar-refractivity contribution in [2.24, 2.45) is 5.11 Å². The number of aliphatic hydroxyl groups is 1. The van der Waals surface area contributed by atoms with Crippen LogP contribution in [-0.4, -0.2) is 47.9 Å². The van der Waals surface area contributed by atoms with Crippen LogP contribution >= 0.6 is 0 Å². The summed E-state index contributed by atoms with van der Waals surface area (Å²) < 4.78 is 5.54. The van der Waals surface area contributed by atoms with Gasteiger partial charge in [-0.3, -0.25) is 0 Å². The Bertz CT molecular complexity index is 848. The summed E-state index contributed by atoms with van der Waals surface area (Å²) in [6.45, 7) is 0.508. The first kappa shape index (κ1) is 16.4. The minimum atomic E-state index is -0.855. The third-order valence-corrected chi connectivity index (χ3v) is 5.05. The molecular weight excluding hydrogens is 332 g/mol. The molecule has 132 valence electrons. The molecule has 26 heavy (non-hydrogen) atoms. The van der Waals surface area contributed by atoms with Crippen LogP contribution in [0.1, 0.15) is 17.0 Å². The Morgan fingerprint density at radius 3 is 2.38 bits per heavy atom. The van der Waals surface area contributed by atoms with Crippen molar-refractivity contribution >= 4 is 6.09 Å². The highest BCUT2D eigenvalue weighted by Crippen LogP contribution is 2.44. The number of hydrogen-bond donors (Lipinski definition) is 1. The predicted octanol–water partition coefficient (Wildman–Crippen LogP) is 3.29. The lowest BCUT2D eigenvalue weighted by atomic mass is 9.98. The number of carbonyl (C=O) groups is 1. The molecule has 0 saturated carbocycles. The number of rotatable bonds is 3. The lowest BCUT2D eigenvalue weighted by Crippen LogP contribution is -2.31. The number of azide groups is 1. The van der Waals surface area contributed by atoms with E-state index in [9.17, 15) is 9.90 Å². The summed E-state index contributed by atoms with van der Waals surface area (Å²) in [5.41, 5.74) is 13.2. The molecule has 1 aliphatic heterocycles. The zero-order valence-corrected chi connectivity index (χ0v) is 14.0. The fourth-order valence-electron chi connectivity index (χ4n) is 3.78. The summed E-state index contributed by atoms with van der Waals surface area (Å²) in [6.07, 6.45) is -1.35. The van der Waals surface area contributed by atoms with E-state index in [1.165, 1.54) is 16.0 Å². The third kappa shape index (κ3) is 2.77. The highest BCUT2D eigenvalue weighted by Gasteiger charge is 2.35. The van der Waals surface area contributed by atoms with Crippen LogP contribution in [0.25, 0.3) is 21.6 Å². The Hall–Kier alpha value is -3.02. The van der Waals surface area contributed by atoms with E-state index in [0.29, 0.717) is 0 Å². The topological polar surface area (TPSA) is 98.5 Å². The molecule has 7 heteroatoms. The van der Waals surface area contributed by atoms with Crippen LogP contribution < -0.4 is 0 Å². The molecule has 1 aliphatic carbocycles. The molecule has 2 aromatic rings. The van der Waals surface area contributed by atoms with Crippen molar-refractivity contribution in [3.8, 4) is 11.1 Å². The number of nitrogens with zero attached hydrogens (tertiary/aromatic N) is 4. The van der Waals surface area contributed by atoms with Crippen LogP contribution in [0.2, 0.25) is 0 Å². The van der Waals surface area contributed by atoms with Gasteiger partial charge in [0, 0.05) is 17.4 Å². The van der Waals surface area contributed by atoms with Gasteiger partial charge in [-0.05, 0) is 27.8 Å². The second-order valence-electron chi connectivity index (χ2n) is 6.55. The van der Waals surface area contributed by atoms with Gasteiger partial charge in [0.2, 0.25) is 0 Å². The highest BCUT2D eigenvalue weighted by molar-refractivity contribution is 5.79. The van der Waals surface area contributed by atoms with Crippen LogP contribution in [0.4, 0.5) is 4.79 Å². The van der Waals surface area contributed by atoms with E-state index < -0.39 is 18.2 Å². The third-order valence-electron chi connectivity index (χ3n) is 5.05. The van der Waals surface area contributed by atoms with Gasteiger partial charge in [-0.15, -0.1) is 0 Å². The molecule has 0 spiro atoms. The first-order valence-corrected chi connectivity index (χ1v) is 8.51. The number of β-amino-alcohol motifs (C(OH)–C–C–N with tert-alkyl or cyclic N) is 1. The molecule has 1 amide bonds. The molecular formula is C19H18N4O3. The number of carbonyl (C=O) groups excluding carboxylic acids is 1. The van der Waals surface area contributed by atoms with E-state index in [-0.39, 0.29) is 25.6 Å². The van der Waals surface area contributed by atoms with Gasteiger partial charge in [0.05, 0.1) is 18.7 Å². The Morgan fingerprint density at radius 2 is 1.77 bits per heavy atom. The molecule has 0 aromatic heterocycles. The molecule has 1 fully saturated rings. The minimum absolute atomic E-state index is 0.00759. The van der Waals surface area contributed by atoms with E-state index in [1.807, 2.05) is 24.3 Å². The summed E-state index contributed by atoms with van der Waals surface area (Å²) >= 11 is 0. The van der Waals surface area contributed by atoms with Gasteiger partial charge >= 0.3 is 6.09 Å². The SMILES string of the molecule is [N-]=[N+]=N[C@H]1CN(C(=O)OCC2c3ccccc3-c3ccccc32)C[C@@H]1O. The van der Waals surface area contributed by atoms with Gasteiger partial charge in [-0.2, -0.15) is 0 Å². The summed E-state index contributed by atoms with van der Waals surface area (Å²) in [6, 6.07) is 15.6. The van der Waals surface area contributed by atoms with Gasteiger partial charge in [-0.1, -0.05) is 53.6 Å². The molecule has 4 rings (SSSR count). The molecule has 1 N–H and O–H groups in total. The number of aliphatic hydroxyl groups excluding tert-OH is 1. The van der Waals surface area contributed by atoms with Crippen LogP contribution in [0.15, 0.2) is 53.6 Å². The van der Waals surface area contributed by atoms with Gasteiger partial charge in [-0.25, -0.2) is 4.79 Å². The van der Waals surface area contributed by atoms with Crippen LogP contribution in [0.5, 0.6) is 0 Å². The fourth-order valence-corrected chi connectivity index (χ4v) is 3.78. The average molecular weight is 350 g/mol. The zero-order chi connectivity index (χ0) is 18.1. The first-order valence-electron chi connectivity index (χ1n) is 8.51. The van der Waals surface area contributed by atoms with Crippen LogP contribution in [-0.2, 0) is 4.74 Å².